The SMILES string of the molecule is CCN(CC)C(=O)Nn1cc2c3c(cccc31)[C@H]1CCCN(C(C)C)[C@@H]1C2.O=P(O)(O)O. The topological polar surface area (TPSA) is 118 Å². The summed E-state index contributed by atoms with van der Waals surface area (Å²) in [5.74, 6) is 0.603. The van der Waals surface area contributed by atoms with Crippen LogP contribution in [0.1, 0.15) is 57.6 Å². The number of likely N-dealkylation sites (tertiary alicyclic amines) is 1. The van der Waals surface area contributed by atoms with Gasteiger partial charge in [0.05, 0.1) is 5.52 Å². The van der Waals surface area contributed by atoms with Gasteiger partial charge in [0.1, 0.15) is 0 Å². The van der Waals surface area contributed by atoms with E-state index in [4.69, 9.17) is 19.2 Å². The Hall–Kier alpha value is -1.90. The minimum atomic E-state index is -4.64. The summed E-state index contributed by atoms with van der Waals surface area (Å²) in [7, 11) is -4.64. The number of hydrogen-bond acceptors (Lipinski definition) is 3. The van der Waals surface area contributed by atoms with E-state index in [-0.39, 0.29) is 6.03 Å². The van der Waals surface area contributed by atoms with Crippen molar-refractivity contribution in [2.75, 3.05) is 25.1 Å². The molecule has 1 aliphatic carbocycles. The molecule has 4 rings (SSSR count). The first-order chi connectivity index (χ1) is 15.0. The van der Waals surface area contributed by atoms with Crippen LogP contribution in [-0.4, -0.2) is 66.9 Å². The average Bonchev–Trinajstić information content (AvgIpc) is 3.06. The molecule has 10 heteroatoms. The van der Waals surface area contributed by atoms with E-state index in [1.165, 1.54) is 35.9 Å². The van der Waals surface area contributed by atoms with Crippen molar-refractivity contribution in [3.8, 4) is 0 Å². The van der Waals surface area contributed by atoms with Gasteiger partial charge in [-0.15, -0.1) is 0 Å². The van der Waals surface area contributed by atoms with Gasteiger partial charge in [0, 0.05) is 42.7 Å². The fourth-order valence-corrected chi connectivity index (χ4v) is 5.21. The lowest BCUT2D eigenvalue weighted by Crippen LogP contribution is -2.49. The van der Waals surface area contributed by atoms with Gasteiger partial charge in [-0.2, -0.15) is 0 Å². The first-order valence-electron chi connectivity index (χ1n) is 11.3. The maximum absolute atomic E-state index is 12.6. The molecule has 1 aromatic heterocycles. The van der Waals surface area contributed by atoms with E-state index < -0.39 is 7.82 Å². The number of nitrogens with zero attached hydrogens (tertiary/aromatic N) is 3. The maximum Gasteiger partial charge on any atom is 0.466 e. The van der Waals surface area contributed by atoms with Gasteiger partial charge in [-0.1, -0.05) is 12.1 Å². The second kappa shape index (κ2) is 9.93. The van der Waals surface area contributed by atoms with Crippen LogP contribution < -0.4 is 5.43 Å². The molecule has 32 heavy (non-hydrogen) atoms. The molecular formula is C22H35N4O5P. The number of hydrogen-bond donors (Lipinski definition) is 4. The molecular weight excluding hydrogens is 431 g/mol. The summed E-state index contributed by atoms with van der Waals surface area (Å²) in [6, 6.07) is 7.71. The van der Waals surface area contributed by atoms with Crippen molar-refractivity contribution in [2.24, 2.45) is 0 Å². The number of rotatable bonds is 4. The number of carbonyl (C=O) groups excluding carboxylic acids is 1. The third-order valence-electron chi connectivity index (χ3n) is 6.52. The summed E-state index contributed by atoms with van der Waals surface area (Å²) in [4.78, 5) is 38.7. The highest BCUT2D eigenvalue weighted by atomic mass is 31.2. The van der Waals surface area contributed by atoms with Gasteiger partial charge in [0.25, 0.3) is 0 Å². The Balaban J connectivity index is 0.000000523. The van der Waals surface area contributed by atoms with Crippen molar-refractivity contribution >= 4 is 24.8 Å². The lowest BCUT2D eigenvalue weighted by atomic mass is 9.74. The van der Waals surface area contributed by atoms with E-state index >= 15 is 0 Å². The summed E-state index contributed by atoms with van der Waals surface area (Å²) < 4.78 is 10.8. The van der Waals surface area contributed by atoms with Crippen LogP contribution in [0.3, 0.4) is 0 Å². The maximum atomic E-state index is 12.6. The number of nitrogens with one attached hydrogen (secondary N) is 1. The highest BCUT2D eigenvalue weighted by Crippen LogP contribution is 2.44. The summed E-state index contributed by atoms with van der Waals surface area (Å²) in [5, 5.41) is 1.37. The predicted molar refractivity (Wildman–Crippen MR) is 125 cm³/mol. The molecule has 0 saturated carbocycles. The average molecular weight is 467 g/mol. The molecule has 1 saturated heterocycles. The van der Waals surface area contributed by atoms with Crippen molar-refractivity contribution in [1.82, 2.24) is 14.5 Å². The van der Waals surface area contributed by atoms with Crippen molar-refractivity contribution in [3.63, 3.8) is 0 Å². The van der Waals surface area contributed by atoms with E-state index in [9.17, 15) is 4.79 Å². The highest BCUT2D eigenvalue weighted by molar-refractivity contribution is 7.45. The second-order valence-corrected chi connectivity index (χ2v) is 9.75. The Labute approximate surface area is 189 Å². The zero-order chi connectivity index (χ0) is 23.6. The van der Waals surface area contributed by atoms with Crippen LogP contribution in [0.25, 0.3) is 10.9 Å². The van der Waals surface area contributed by atoms with E-state index in [0.717, 1.165) is 11.9 Å². The number of amides is 2. The Morgan fingerprint density at radius 3 is 2.50 bits per heavy atom. The quantitative estimate of drug-likeness (QED) is 0.514. The van der Waals surface area contributed by atoms with E-state index in [1.54, 1.807) is 0 Å². The lowest BCUT2D eigenvalue weighted by Gasteiger charge is -2.46. The normalized spacial score (nSPS) is 20.5. The molecule has 4 N–H and O–H groups in total. The molecule has 1 aliphatic heterocycles. The standard InChI is InChI=1S/C22H32N4O.H3O4P/c1-5-24(6-2)22(27)23-26-14-16-13-20-17(10-8-12-25(20)15(3)4)18-9-7-11-19(26)21(16)18;1-5(2,3)4/h7,9,11,14-15,17,20H,5-6,8,10,12-13H2,1-4H3,(H,23,27);(H3,1,2,3,4)/t17-,20-;/m1./s1. The summed E-state index contributed by atoms with van der Waals surface area (Å²) in [6.07, 6.45) is 5.76. The number of phosphoric acid groups is 1. The highest BCUT2D eigenvalue weighted by Gasteiger charge is 2.38. The Morgan fingerprint density at radius 2 is 1.91 bits per heavy atom. The summed E-state index contributed by atoms with van der Waals surface area (Å²) in [6.45, 7) is 11.3. The molecule has 2 heterocycles. The molecule has 2 aliphatic rings. The Bertz CT molecular complexity index is 989. The van der Waals surface area contributed by atoms with Gasteiger partial charge < -0.3 is 19.6 Å². The number of aromatic nitrogens is 1. The lowest BCUT2D eigenvalue weighted by molar-refractivity contribution is 0.0913. The number of fused-ring (bicyclic) bond motifs is 2. The number of carbonyl (C=O) groups is 1. The molecule has 2 amide bonds. The van der Waals surface area contributed by atoms with Gasteiger partial charge in [0.15, 0.2) is 0 Å². The molecule has 0 bridgehead atoms. The van der Waals surface area contributed by atoms with Crippen LogP contribution in [0.2, 0.25) is 0 Å². The van der Waals surface area contributed by atoms with Crippen LogP contribution in [0, 0.1) is 0 Å². The number of benzene rings is 1. The smallest absolute Gasteiger partial charge is 0.324 e. The molecule has 1 fully saturated rings. The monoisotopic (exact) mass is 466 g/mol. The van der Waals surface area contributed by atoms with Crippen LogP contribution in [0.5, 0.6) is 0 Å². The van der Waals surface area contributed by atoms with Gasteiger partial charge in [-0.05, 0) is 70.7 Å². The first-order valence-corrected chi connectivity index (χ1v) is 12.8. The summed E-state index contributed by atoms with van der Waals surface area (Å²) in [5.41, 5.74) is 7.07. The molecule has 2 aromatic rings. The Morgan fingerprint density at radius 1 is 1.25 bits per heavy atom. The minimum Gasteiger partial charge on any atom is -0.324 e. The van der Waals surface area contributed by atoms with Crippen LogP contribution in [0.15, 0.2) is 24.4 Å². The minimum absolute atomic E-state index is 0.0330. The van der Waals surface area contributed by atoms with E-state index in [1.807, 2.05) is 23.4 Å². The second-order valence-electron chi connectivity index (χ2n) is 8.72. The zero-order valence-corrected chi connectivity index (χ0v) is 20.1. The first kappa shape index (κ1) is 24.7. The van der Waals surface area contributed by atoms with Crippen LogP contribution in [-0.2, 0) is 11.0 Å². The predicted octanol–water partition coefficient (Wildman–Crippen LogP) is 3.23. The molecule has 0 unspecified atom stereocenters. The molecule has 0 spiro atoms. The van der Waals surface area contributed by atoms with Gasteiger partial charge in [-0.3, -0.25) is 9.58 Å². The molecule has 9 nitrogen and oxygen atoms in total. The van der Waals surface area contributed by atoms with E-state index in [0.29, 0.717) is 31.1 Å². The third kappa shape index (κ3) is 5.35. The number of piperidine rings is 1. The van der Waals surface area contributed by atoms with Crippen LogP contribution >= 0.6 is 7.82 Å². The fourth-order valence-electron chi connectivity index (χ4n) is 5.21. The molecule has 178 valence electrons. The molecule has 1 aromatic carbocycles. The zero-order valence-electron chi connectivity index (χ0n) is 19.2. The van der Waals surface area contributed by atoms with Crippen molar-refractivity contribution in [3.05, 3.63) is 35.5 Å². The van der Waals surface area contributed by atoms with Gasteiger partial charge in [-0.25, -0.2) is 14.8 Å². The van der Waals surface area contributed by atoms with Crippen molar-refractivity contribution in [1.29, 1.82) is 0 Å². The number of urea groups is 1. The fraction of sp³-hybridized carbons (Fsp3) is 0.591. The summed E-state index contributed by atoms with van der Waals surface area (Å²) >= 11 is 0. The van der Waals surface area contributed by atoms with E-state index in [2.05, 4.69) is 48.6 Å². The molecule has 0 radical (unpaired) electrons. The molecule has 2 atom stereocenters. The Kier molecular flexibility index (Phi) is 7.68. The van der Waals surface area contributed by atoms with Gasteiger partial charge >= 0.3 is 13.9 Å². The largest absolute Gasteiger partial charge is 0.466 e. The van der Waals surface area contributed by atoms with Crippen molar-refractivity contribution in [2.45, 2.75) is 65.0 Å². The van der Waals surface area contributed by atoms with Gasteiger partial charge in [0.2, 0.25) is 0 Å². The van der Waals surface area contributed by atoms with Crippen molar-refractivity contribution < 1.29 is 24.0 Å². The van der Waals surface area contributed by atoms with Crippen LogP contribution in [0.4, 0.5) is 4.79 Å². The third-order valence-corrected chi connectivity index (χ3v) is 6.52.